The monoisotopic (exact) mass is 199 g/mol. The maximum Gasteiger partial charge on any atom is 0.422 e. The van der Waals surface area contributed by atoms with E-state index >= 15 is 0 Å². The maximum absolute atomic E-state index is 12.1. The van der Waals surface area contributed by atoms with Crippen LogP contribution in [0.4, 0.5) is 13.2 Å². The van der Waals surface area contributed by atoms with Gasteiger partial charge in [-0.15, -0.1) is 0 Å². The van der Waals surface area contributed by atoms with Crippen molar-refractivity contribution in [3.8, 4) is 0 Å². The highest BCUT2D eigenvalue weighted by Crippen LogP contribution is 2.30. The summed E-state index contributed by atoms with van der Waals surface area (Å²) in [5, 5.41) is 8.97. The van der Waals surface area contributed by atoms with Crippen LogP contribution < -0.4 is 5.73 Å². The largest absolute Gasteiger partial charge is 0.502 e. The minimum atomic E-state index is -4.78. The Morgan fingerprint density at radius 2 is 2.00 bits per heavy atom. The van der Waals surface area contributed by atoms with Gasteiger partial charge in [-0.3, -0.25) is 0 Å². The van der Waals surface area contributed by atoms with Crippen LogP contribution in [-0.4, -0.2) is 30.0 Å². The Bertz CT molecular complexity index is 181. The zero-order valence-corrected chi connectivity index (χ0v) is 7.14. The first kappa shape index (κ1) is 12.2. The summed E-state index contributed by atoms with van der Waals surface area (Å²) in [4.78, 5) is 0. The van der Waals surface area contributed by atoms with E-state index in [1.165, 1.54) is 0 Å². The molecule has 0 spiro atoms. The number of alkyl halides is 3. The van der Waals surface area contributed by atoms with Gasteiger partial charge < -0.3 is 15.6 Å². The van der Waals surface area contributed by atoms with E-state index in [2.05, 4.69) is 4.74 Å². The van der Waals surface area contributed by atoms with Crippen molar-refractivity contribution in [2.45, 2.75) is 18.7 Å². The van der Waals surface area contributed by atoms with E-state index in [-0.39, 0.29) is 6.61 Å². The van der Waals surface area contributed by atoms with Crippen molar-refractivity contribution in [1.82, 2.24) is 0 Å². The number of ether oxygens (including phenoxy) is 1. The molecule has 0 aliphatic heterocycles. The van der Waals surface area contributed by atoms with Crippen LogP contribution in [0.3, 0.4) is 0 Å². The molecule has 1 atom stereocenters. The van der Waals surface area contributed by atoms with Gasteiger partial charge in [-0.2, -0.15) is 13.2 Å². The summed E-state index contributed by atoms with van der Waals surface area (Å²) in [6.45, 7) is 0.911. The predicted octanol–water partition coefficient (Wildman–Crippen LogP) is 0.789. The summed E-state index contributed by atoms with van der Waals surface area (Å²) < 4.78 is 40.8. The molecule has 0 amide bonds. The Labute approximate surface area is 74.0 Å². The zero-order chi connectivity index (χ0) is 10.5. The first-order valence-electron chi connectivity index (χ1n) is 3.66. The van der Waals surface area contributed by atoms with Crippen molar-refractivity contribution >= 4 is 0 Å². The molecule has 3 N–H and O–H groups in total. The number of rotatable bonds is 4. The Hall–Kier alpha value is -0.750. The zero-order valence-electron chi connectivity index (χ0n) is 7.14. The fourth-order valence-electron chi connectivity index (χ4n) is 0.535. The van der Waals surface area contributed by atoms with Crippen LogP contribution in [0.5, 0.6) is 0 Å². The smallest absolute Gasteiger partial charge is 0.422 e. The molecule has 0 aromatic heterocycles. The molecule has 0 aromatic carbocycles. The minimum Gasteiger partial charge on any atom is -0.502 e. The van der Waals surface area contributed by atoms with Crippen molar-refractivity contribution in [1.29, 1.82) is 0 Å². The fraction of sp³-hybridized carbons (Fsp3) is 0.714. The van der Waals surface area contributed by atoms with Gasteiger partial charge in [0.2, 0.25) is 0 Å². The molecule has 0 saturated carbocycles. The summed E-state index contributed by atoms with van der Waals surface area (Å²) in [5.74, 6) is 0. The van der Waals surface area contributed by atoms with Gasteiger partial charge in [0.05, 0.1) is 12.9 Å². The molecule has 0 fully saturated rings. The molecule has 0 saturated heterocycles. The predicted molar refractivity (Wildman–Crippen MR) is 40.8 cm³/mol. The van der Waals surface area contributed by atoms with Crippen molar-refractivity contribution in [2.75, 3.05) is 13.2 Å². The van der Waals surface area contributed by atoms with Gasteiger partial charge in [-0.25, -0.2) is 0 Å². The maximum atomic E-state index is 12.1. The highest BCUT2D eigenvalue weighted by Gasteiger charge is 2.51. The summed E-state index contributed by atoms with van der Waals surface area (Å²) >= 11 is 0. The summed E-state index contributed by atoms with van der Waals surface area (Å²) in [6, 6.07) is 0. The van der Waals surface area contributed by atoms with Crippen molar-refractivity contribution in [3.05, 3.63) is 12.3 Å². The van der Waals surface area contributed by atoms with Crippen LogP contribution >= 0.6 is 0 Å². The van der Waals surface area contributed by atoms with E-state index in [4.69, 9.17) is 10.8 Å². The van der Waals surface area contributed by atoms with E-state index in [9.17, 15) is 13.2 Å². The van der Waals surface area contributed by atoms with E-state index in [1.807, 2.05) is 0 Å². The molecule has 0 bridgehead atoms. The first-order chi connectivity index (χ1) is 5.87. The van der Waals surface area contributed by atoms with Gasteiger partial charge in [-0.1, -0.05) is 0 Å². The van der Waals surface area contributed by atoms with Crippen LogP contribution in [0.25, 0.3) is 0 Å². The lowest BCUT2D eigenvalue weighted by atomic mass is 10.0. The van der Waals surface area contributed by atoms with Gasteiger partial charge in [0.15, 0.2) is 5.60 Å². The molecule has 0 heterocycles. The fourth-order valence-corrected chi connectivity index (χ4v) is 0.535. The second-order valence-corrected chi connectivity index (χ2v) is 2.38. The van der Waals surface area contributed by atoms with Crippen molar-refractivity contribution < 1.29 is 23.0 Å². The molecule has 0 aliphatic carbocycles. The molecule has 0 rings (SSSR count). The number of hydrogen-bond acceptors (Lipinski definition) is 3. The number of halogens is 3. The molecule has 0 aromatic rings. The van der Waals surface area contributed by atoms with Crippen LogP contribution in [0.2, 0.25) is 0 Å². The molecular weight excluding hydrogens is 187 g/mol. The lowest BCUT2D eigenvalue weighted by molar-refractivity contribution is -0.235. The molecule has 3 nitrogen and oxygen atoms in total. The van der Waals surface area contributed by atoms with Gasteiger partial charge in [0.1, 0.15) is 0 Å². The third-order valence-electron chi connectivity index (χ3n) is 1.41. The molecule has 0 aliphatic rings. The number of nitrogens with two attached hydrogens (primary N) is 1. The van der Waals surface area contributed by atoms with Crippen LogP contribution in [-0.2, 0) is 4.74 Å². The standard InChI is InChI=1S/C7H12F3NO2/c1-2-13-4-3-6(12,5-11)7(8,9)10/h3-4,12H,2,5,11H2,1H3. The van der Waals surface area contributed by atoms with E-state index in [0.29, 0.717) is 6.08 Å². The average Bonchev–Trinajstić information content (AvgIpc) is 2.02. The van der Waals surface area contributed by atoms with E-state index < -0.39 is 18.3 Å². The summed E-state index contributed by atoms with van der Waals surface area (Å²) in [6.07, 6.45) is -3.49. The van der Waals surface area contributed by atoms with E-state index in [1.54, 1.807) is 6.92 Å². The summed E-state index contributed by atoms with van der Waals surface area (Å²) in [5.41, 5.74) is 1.80. The van der Waals surface area contributed by atoms with Gasteiger partial charge in [0, 0.05) is 6.54 Å². The molecule has 13 heavy (non-hydrogen) atoms. The number of hydrogen-bond donors (Lipinski definition) is 2. The first-order valence-corrected chi connectivity index (χ1v) is 3.66. The van der Waals surface area contributed by atoms with Crippen molar-refractivity contribution in [2.24, 2.45) is 5.73 Å². The normalized spacial score (nSPS) is 17.4. The number of aliphatic hydroxyl groups is 1. The molecule has 1 unspecified atom stereocenters. The van der Waals surface area contributed by atoms with Gasteiger partial charge in [0.25, 0.3) is 0 Å². The summed E-state index contributed by atoms with van der Waals surface area (Å²) in [7, 11) is 0. The van der Waals surface area contributed by atoms with Crippen LogP contribution in [0, 0.1) is 0 Å². The highest BCUT2D eigenvalue weighted by molar-refractivity contribution is 5.04. The minimum absolute atomic E-state index is 0.231. The molecule has 78 valence electrons. The third kappa shape index (κ3) is 3.23. The van der Waals surface area contributed by atoms with Gasteiger partial charge >= 0.3 is 6.18 Å². The Balaban J connectivity index is 4.46. The topological polar surface area (TPSA) is 55.5 Å². The SMILES string of the molecule is CCOC=CC(O)(CN)C(F)(F)F. The highest BCUT2D eigenvalue weighted by atomic mass is 19.4. The average molecular weight is 199 g/mol. The van der Waals surface area contributed by atoms with Gasteiger partial charge in [-0.05, 0) is 13.0 Å². The lowest BCUT2D eigenvalue weighted by Crippen LogP contribution is -2.49. The second kappa shape index (κ2) is 4.48. The Morgan fingerprint density at radius 1 is 1.46 bits per heavy atom. The Morgan fingerprint density at radius 3 is 2.31 bits per heavy atom. The Kier molecular flexibility index (Phi) is 4.22. The molecule has 6 heteroatoms. The lowest BCUT2D eigenvalue weighted by Gasteiger charge is -2.25. The molecular formula is C7H12F3NO2. The third-order valence-corrected chi connectivity index (χ3v) is 1.41. The van der Waals surface area contributed by atoms with Crippen LogP contribution in [0.1, 0.15) is 6.92 Å². The molecule has 0 radical (unpaired) electrons. The second-order valence-electron chi connectivity index (χ2n) is 2.38. The van der Waals surface area contributed by atoms with E-state index in [0.717, 1.165) is 6.26 Å². The van der Waals surface area contributed by atoms with Crippen molar-refractivity contribution in [3.63, 3.8) is 0 Å². The quantitative estimate of drug-likeness (QED) is 0.658. The van der Waals surface area contributed by atoms with Crippen LogP contribution in [0.15, 0.2) is 12.3 Å².